The summed E-state index contributed by atoms with van der Waals surface area (Å²) in [6.45, 7) is 3.95. The van der Waals surface area contributed by atoms with Gasteiger partial charge in [0, 0.05) is 6.07 Å². The molecule has 0 heterocycles. The Hall–Kier alpha value is -2.96. The van der Waals surface area contributed by atoms with Crippen molar-refractivity contribution in [1.29, 1.82) is 0 Å². The highest BCUT2D eigenvalue weighted by Crippen LogP contribution is 2.22. The first-order chi connectivity index (χ1) is 12.3. The van der Waals surface area contributed by atoms with Crippen molar-refractivity contribution in [2.75, 3.05) is 19.0 Å². The molecule has 0 aliphatic rings. The smallest absolute Gasteiger partial charge is 0.340 e. The molecular weight excluding hydrogens is 344 g/mol. The Morgan fingerprint density at radius 2 is 1.85 bits per heavy atom. The monoisotopic (exact) mass is 363 g/mol. The summed E-state index contributed by atoms with van der Waals surface area (Å²) < 4.78 is 37.4. The van der Waals surface area contributed by atoms with Gasteiger partial charge in [-0.3, -0.25) is 4.79 Å². The van der Waals surface area contributed by atoms with Gasteiger partial charge in [0.25, 0.3) is 0 Å². The van der Waals surface area contributed by atoms with E-state index >= 15 is 0 Å². The Morgan fingerprint density at radius 1 is 1.12 bits per heavy atom. The average molecular weight is 363 g/mol. The zero-order chi connectivity index (χ0) is 19.3. The van der Waals surface area contributed by atoms with Gasteiger partial charge >= 0.3 is 5.97 Å². The fourth-order valence-corrected chi connectivity index (χ4v) is 2.26. The van der Waals surface area contributed by atoms with Crippen LogP contribution in [0.2, 0.25) is 0 Å². The number of methoxy groups -OCH3 is 1. The number of halogens is 2. The van der Waals surface area contributed by atoms with Gasteiger partial charge in [0.15, 0.2) is 0 Å². The van der Waals surface area contributed by atoms with Gasteiger partial charge in [-0.25, -0.2) is 13.6 Å². The van der Waals surface area contributed by atoms with Crippen LogP contribution in [0, 0.1) is 25.5 Å². The number of hydrogen-bond acceptors (Lipinski definition) is 4. The Balaban J connectivity index is 1.99. The predicted octanol–water partition coefficient (Wildman–Crippen LogP) is 3.78. The van der Waals surface area contributed by atoms with E-state index in [-0.39, 0.29) is 18.7 Å². The lowest BCUT2D eigenvalue weighted by atomic mass is 10.1. The number of nitrogens with one attached hydrogen (secondary N) is 1. The Bertz CT molecular complexity index is 837. The second kappa shape index (κ2) is 8.42. The molecule has 5 nitrogen and oxygen atoms in total. The van der Waals surface area contributed by atoms with Gasteiger partial charge in [0.1, 0.15) is 17.4 Å². The molecule has 0 saturated carbocycles. The maximum absolute atomic E-state index is 13.8. The van der Waals surface area contributed by atoms with Crippen molar-refractivity contribution in [3.05, 3.63) is 58.7 Å². The van der Waals surface area contributed by atoms with Crippen molar-refractivity contribution in [1.82, 2.24) is 0 Å². The molecule has 0 aliphatic carbocycles. The zero-order valence-corrected chi connectivity index (χ0v) is 14.7. The highest BCUT2D eigenvalue weighted by atomic mass is 19.1. The van der Waals surface area contributed by atoms with Crippen LogP contribution in [0.15, 0.2) is 30.3 Å². The molecule has 0 radical (unpaired) electrons. The molecule has 0 fully saturated rings. The van der Waals surface area contributed by atoms with Gasteiger partial charge in [-0.15, -0.1) is 0 Å². The number of carbonyl (C=O) groups excluding carboxylic acids is 2. The molecule has 0 bridgehead atoms. The lowest BCUT2D eigenvalue weighted by Crippen LogP contribution is -2.17. The first-order valence-electron chi connectivity index (χ1n) is 7.89. The fourth-order valence-electron chi connectivity index (χ4n) is 2.26. The second-order valence-electron chi connectivity index (χ2n) is 5.65. The molecule has 0 unspecified atom stereocenters. The van der Waals surface area contributed by atoms with Crippen molar-refractivity contribution in [2.24, 2.45) is 0 Å². The topological polar surface area (TPSA) is 64.6 Å². The van der Waals surface area contributed by atoms with Gasteiger partial charge < -0.3 is 14.8 Å². The van der Waals surface area contributed by atoms with E-state index in [0.29, 0.717) is 11.8 Å². The summed E-state index contributed by atoms with van der Waals surface area (Å²) in [6.07, 6.45) is -0.0439. The first-order valence-corrected chi connectivity index (χ1v) is 7.89. The Morgan fingerprint density at radius 3 is 2.54 bits per heavy atom. The van der Waals surface area contributed by atoms with Gasteiger partial charge in [-0.05, 0) is 37.1 Å². The fraction of sp³-hybridized carbons (Fsp3) is 0.263. The SMILES string of the molecule is COC(=O)c1cc(NC(=O)CCOc2cccc(C)c2C)c(F)cc1F. The molecule has 0 atom stereocenters. The van der Waals surface area contributed by atoms with Gasteiger partial charge in [0.2, 0.25) is 5.91 Å². The van der Waals surface area contributed by atoms with E-state index in [4.69, 9.17) is 4.74 Å². The molecular formula is C19H19F2NO4. The van der Waals surface area contributed by atoms with Gasteiger partial charge in [0.05, 0.1) is 31.4 Å². The number of hydrogen-bond donors (Lipinski definition) is 1. The molecule has 0 spiro atoms. The first kappa shape index (κ1) is 19.4. The standard InChI is InChI=1S/C19H19F2NO4/c1-11-5-4-6-17(12(11)2)26-8-7-18(23)22-16-9-13(19(24)25-3)14(20)10-15(16)21/h4-6,9-10H,7-8H2,1-3H3,(H,22,23). The maximum Gasteiger partial charge on any atom is 0.340 e. The quantitative estimate of drug-likeness (QED) is 0.794. The third-order valence-electron chi connectivity index (χ3n) is 3.88. The summed E-state index contributed by atoms with van der Waals surface area (Å²) in [7, 11) is 1.08. The number of amides is 1. The van der Waals surface area contributed by atoms with Crippen LogP contribution in [0.25, 0.3) is 0 Å². The lowest BCUT2D eigenvalue weighted by Gasteiger charge is -2.12. The van der Waals surface area contributed by atoms with Crippen molar-refractivity contribution in [3.8, 4) is 5.75 Å². The number of benzene rings is 2. The van der Waals surface area contributed by atoms with Crippen LogP contribution in [0.3, 0.4) is 0 Å². The third kappa shape index (κ3) is 4.56. The average Bonchev–Trinajstić information content (AvgIpc) is 2.60. The maximum atomic E-state index is 13.8. The number of ether oxygens (including phenoxy) is 2. The molecule has 0 aliphatic heterocycles. The Kier molecular flexibility index (Phi) is 6.27. The third-order valence-corrected chi connectivity index (χ3v) is 3.88. The van der Waals surface area contributed by atoms with E-state index in [1.807, 2.05) is 26.0 Å². The van der Waals surface area contributed by atoms with Crippen LogP contribution >= 0.6 is 0 Å². The molecule has 0 saturated heterocycles. The second-order valence-corrected chi connectivity index (χ2v) is 5.65. The van der Waals surface area contributed by atoms with E-state index < -0.39 is 29.1 Å². The molecule has 2 aromatic carbocycles. The van der Waals surface area contributed by atoms with Crippen LogP contribution < -0.4 is 10.1 Å². The normalized spacial score (nSPS) is 10.3. The number of esters is 1. The van der Waals surface area contributed by atoms with Crippen molar-refractivity contribution >= 4 is 17.6 Å². The summed E-state index contributed by atoms with van der Waals surface area (Å²) in [6, 6.07) is 7.02. The minimum atomic E-state index is -1.06. The van der Waals surface area contributed by atoms with E-state index in [0.717, 1.165) is 24.3 Å². The van der Waals surface area contributed by atoms with Crippen LogP contribution in [0.1, 0.15) is 27.9 Å². The van der Waals surface area contributed by atoms with Gasteiger partial charge in [-0.1, -0.05) is 12.1 Å². The minimum Gasteiger partial charge on any atom is -0.493 e. The Labute approximate surface area is 149 Å². The highest BCUT2D eigenvalue weighted by molar-refractivity contribution is 5.94. The largest absolute Gasteiger partial charge is 0.493 e. The highest BCUT2D eigenvalue weighted by Gasteiger charge is 2.18. The minimum absolute atomic E-state index is 0.0439. The van der Waals surface area contributed by atoms with Gasteiger partial charge in [-0.2, -0.15) is 0 Å². The van der Waals surface area contributed by atoms with Crippen LogP contribution in [0.4, 0.5) is 14.5 Å². The van der Waals surface area contributed by atoms with E-state index in [2.05, 4.69) is 10.1 Å². The number of aryl methyl sites for hydroxylation is 1. The lowest BCUT2D eigenvalue weighted by molar-refractivity contribution is -0.116. The number of rotatable bonds is 6. The summed E-state index contributed by atoms with van der Waals surface area (Å²) in [5.74, 6) is -2.88. The van der Waals surface area contributed by atoms with Crippen LogP contribution in [0.5, 0.6) is 5.75 Å². The van der Waals surface area contributed by atoms with E-state index in [1.165, 1.54) is 0 Å². The summed E-state index contributed by atoms with van der Waals surface area (Å²) in [5.41, 5.74) is 1.27. The molecule has 138 valence electrons. The number of carbonyl (C=O) groups is 2. The van der Waals surface area contributed by atoms with E-state index in [9.17, 15) is 18.4 Å². The molecule has 0 aromatic heterocycles. The molecule has 2 rings (SSSR count). The van der Waals surface area contributed by atoms with Crippen LogP contribution in [-0.2, 0) is 9.53 Å². The van der Waals surface area contributed by atoms with Crippen LogP contribution in [-0.4, -0.2) is 25.6 Å². The van der Waals surface area contributed by atoms with Crippen molar-refractivity contribution < 1.29 is 27.8 Å². The number of anilines is 1. The summed E-state index contributed by atoms with van der Waals surface area (Å²) in [5, 5.41) is 2.30. The molecule has 26 heavy (non-hydrogen) atoms. The van der Waals surface area contributed by atoms with Crippen molar-refractivity contribution in [2.45, 2.75) is 20.3 Å². The summed E-state index contributed by atoms with van der Waals surface area (Å²) >= 11 is 0. The summed E-state index contributed by atoms with van der Waals surface area (Å²) in [4.78, 5) is 23.4. The molecule has 7 heteroatoms. The van der Waals surface area contributed by atoms with E-state index in [1.54, 1.807) is 6.07 Å². The molecule has 1 amide bonds. The molecule has 2 aromatic rings. The molecule has 1 N–H and O–H groups in total. The van der Waals surface area contributed by atoms with Crippen molar-refractivity contribution in [3.63, 3.8) is 0 Å². The predicted molar refractivity (Wildman–Crippen MR) is 92.4 cm³/mol. The zero-order valence-electron chi connectivity index (χ0n) is 14.7.